The molecular weight excluding hydrogens is 231 g/mol. The Balaban J connectivity index is 2.99. The van der Waals surface area contributed by atoms with Gasteiger partial charge < -0.3 is 0 Å². The zero-order valence-corrected chi connectivity index (χ0v) is 8.16. The van der Waals surface area contributed by atoms with Crippen LogP contribution >= 0.6 is 0 Å². The van der Waals surface area contributed by atoms with Gasteiger partial charge in [0.15, 0.2) is 0 Å². The lowest BCUT2D eigenvalue weighted by atomic mass is 10.1. The Labute approximate surface area is 87.9 Å². The maximum absolute atomic E-state index is 13.1. The molecule has 1 aromatic carbocycles. The van der Waals surface area contributed by atoms with Gasteiger partial charge in [0.1, 0.15) is 11.6 Å². The number of hydrogen-bond donors (Lipinski definition) is 0. The van der Waals surface area contributed by atoms with Crippen molar-refractivity contribution in [3.05, 3.63) is 34.9 Å². The quantitative estimate of drug-likeness (QED) is 0.724. The van der Waals surface area contributed by atoms with Crippen molar-refractivity contribution < 1.29 is 26.7 Å². The highest BCUT2D eigenvalue weighted by molar-refractivity contribution is 5.86. The van der Waals surface area contributed by atoms with Gasteiger partial charge in [0.2, 0.25) is 5.78 Å². The molecule has 0 saturated heterocycles. The molecule has 0 unspecified atom stereocenters. The van der Waals surface area contributed by atoms with E-state index in [-0.39, 0.29) is 5.56 Å². The van der Waals surface area contributed by atoms with Gasteiger partial charge in [-0.1, -0.05) is 0 Å². The summed E-state index contributed by atoms with van der Waals surface area (Å²) in [6.45, 7) is 1.27. The highest BCUT2D eigenvalue weighted by Gasteiger charge is 2.38. The number of Topliss-reactive ketones (excluding diaryl/α,β-unsaturated/α-hetero) is 1. The van der Waals surface area contributed by atoms with E-state index in [0.29, 0.717) is 6.07 Å². The van der Waals surface area contributed by atoms with E-state index in [1.54, 1.807) is 0 Å². The molecule has 0 fully saturated rings. The molecule has 0 N–H and O–H groups in total. The molecule has 16 heavy (non-hydrogen) atoms. The van der Waals surface area contributed by atoms with Crippen molar-refractivity contribution in [1.82, 2.24) is 0 Å². The number of hydrogen-bond acceptors (Lipinski definition) is 1. The van der Waals surface area contributed by atoms with Crippen LogP contribution in [0, 0.1) is 18.6 Å². The maximum Gasteiger partial charge on any atom is 0.450 e. The van der Waals surface area contributed by atoms with Crippen LogP contribution in [-0.2, 0) is 11.2 Å². The van der Waals surface area contributed by atoms with Crippen LogP contribution in [0.5, 0.6) is 0 Å². The normalized spacial score (nSPS) is 11.6. The van der Waals surface area contributed by atoms with Crippen LogP contribution in [-0.4, -0.2) is 12.0 Å². The molecule has 0 aromatic heterocycles. The summed E-state index contributed by atoms with van der Waals surface area (Å²) in [5.74, 6) is -3.96. The fourth-order valence-corrected chi connectivity index (χ4v) is 1.10. The highest BCUT2D eigenvalue weighted by atomic mass is 19.4. The largest absolute Gasteiger partial charge is 0.450 e. The van der Waals surface area contributed by atoms with Crippen LogP contribution in [0.25, 0.3) is 0 Å². The molecule has 0 amide bonds. The first kappa shape index (κ1) is 12.6. The number of carbonyl (C=O) groups is 1. The second-order valence-corrected chi connectivity index (χ2v) is 3.29. The molecule has 0 heterocycles. The summed E-state index contributed by atoms with van der Waals surface area (Å²) in [6.07, 6.45) is -6.22. The van der Waals surface area contributed by atoms with Crippen molar-refractivity contribution in [3.8, 4) is 0 Å². The van der Waals surface area contributed by atoms with E-state index in [2.05, 4.69) is 0 Å². The van der Waals surface area contributed by atoms with Gasteiger partial charge in [-0.15, -0.1) is 0 Å². The molecule has 0 atom stereocenters. The summed E-state index contributed by atoms with van der Waals surface area (Å²) in [6, 6.07) is 1.36. The standard InChI is InChI=1S/C10H7F5O/c1-5-2-8(12)6(3-7(5)11)4-9(16)10(13,14)15/h2-3H,4H2,1H3. The summed E-state index contributed by atoms with van der Waals surface area (Å²) in [5, 5.41) is 0. The molecule has 0 spiro atoms. The molecule has 0 saturated carbocycles. The van der Waals surface area contributed by atoms with Gasteiger partial charge in [-0.3, -0.25) is 4.79 Å². The first-order valence-electron chi connectivity index (χ1n) is 4.26. The third-order valence-corrected chi connectivity index (χ3v) is 1.99. The summed E-state index contributed by atoms with van der Waals surface area (Å²) >= 11 is 0. The molecule has 0 bridgehead atoms. The van der Waals surface area contributed by atoms with Crippen LogP contribution < -0.4 is 0 Å². The fourth-order valence-electron chi connectivity index (χ4n) is 1.10. The molecule has 1 nitrogen and oxygen atoms in total. The molecule has 0 aliphatic heterocycles. The van der Waals surface area contributed by atoms with E-state index < -0.39 is 35.6 Å². The monoisotopic (exact) mass is 238 g/mol. The lowest BCUT2D eigenvalue weighted by Crippen LogP contribution is -2.25. The number of ketones is 1. The number of rotatable bonds is 2. The van der Waals surface area contributed by atoms with Crippen molar-refractivity contribution >= 4 is 5.78 Å². The van der Waals surface area contributed by atoms with Crippen molar-refractivity contribution in [2.75, 3.05) is 0 Å². The second kappa shape index (κ2) is 4.19. The summed E-state index contributed by atoms with van der Waals surface area (Å²) in [7, 11) is 0. The Morgan fingerprint density at radius 3 is 2.25 bits per heavy atom. The Hall–Kier alpha value is -1.46. The average molecular weight is 238 g/mol. The first-order chi connectivity index (χ1) is 7.21. The maximum atomic E-state index is 13.1. The molecule has 6 heteroatoms. The molecule has 88 valence electrons. The van der Waals surface area contributed by atoms with E-state index in [9.17, 15) is 26.7 Å². The van der Waals surface area contributed by atoms with Crippen LogP contribution in [0.1, 0.15) is 11.1 Å². The summed E-state index contributed by atoms with van der Waals surface area (Å²) in [5.41, 5.74) is -0.619. The Bertz CT molecular complexity index is 422. The van der Waals surface area contributed by atoms with Crippen LogP contribution in [0.4, 0.5) is 22.0 Å². The molecule has 0 aliphatic carbocycles. The number of alkyl halides is 3. The predicted octanol–water partition coefficient (Wildman–Crippen LogP) is 2.95. The number of aryl methyl sites for hydroxylation is 1. The highest BCUT2D eigenvalue weighted by Crippen LogP contribution is 2.21. The number of carbonyl (C=O) groups excluding carboxylic acids is 1. The van der Waals surface area contributed by atoms with E-state index in [4.69, 9.17) is 0 Å². The predicted molar refractivity (Wildman–Crippen MR) is 45.9 cm³/mol. The Morgan fingerprint density at radius 1 is 1.19 bits per heavy atom. The minimum Gasteiger partial charge on any atom is -0.289 e. The lowest BCUT2D eigenvalue weighted by molar-refractivity contribution is -0.170. The second-order valence-electron chi connectivity index (χ2n) is 3.29. The van der Waals surface area contributed by atoms with E-state index >= 15 is 0 Å². The average Bonchev–Trinajstić information content (AvgIpc) is 2.12. The van der Waals surface area contributed by atoms with E-state index in [1.165, 1.54) is 6.92 Å². The minimum absolute atomic E-state index is 0.0271. The molecular formula is C10H7F5O. The third-order valence-electron chi connectivity index (χ3n) is 1.99. The van der Waals surface area contributed by atoms with Gasteiger partial charge in [-0.25, -0.2) is 8.78 Å². The smallest absolute Gasteiger partial charge is 0.289 e. The molecule has 0 radical (unpaired) electrons. The topological polar surface area (TPSA) is 17.1 Å². The number of halogens is 5. The number of benzene rings is 1. The zero-order valence-electron chi connectivity index (χ0n) is 8.16. The lowest BCUT2D eigenvalue weighted by Gasteiger charge is -2.07. The van der Waals surface area contributed by atoms with Gasteiger partial charge in [0, 0.05) is 6.42 Å². The van der Waals surface area contributed by atoms with E-state index in [1.807, 2.05) is 0 Å². The molecule has 1 aromatic rings. The summed E-state index contributed by atoms with van der Waals surface area (Å²) < 4.78 is 61.7. The van der Waals surface area contributed by atoms with Gasteiger partial charge in [0.25, 0.3) is 0 Å². The SMILES string of the molecule is Cc1cc(F)c(CC(=O)C(F)(F)F)cc1F. The third kappa shape index (κ3) is 2.77. The molecule has 0 aliphatic rings. The van der Waals surface area contributed by atoms with Gasteiger partial charge in [-0.2, -0.15) is 13.2 Å². The van der Waals surface area contributed by atoms with Crippen molar-refractivity contribution in [3.63, 3.8) is 0 Å². The van der Waals surface area contributed by atoms with Crippen molar-refractivity contribution in [2.45, 2.75) is 19.5 Å². The van der Waals surface area contributed by atoms with Crippen LogP contribution in [0.3, 0.4) is 0 Å². The Kier molecular flexibility index (Phi) is 3.30. The Morgan fingerprint density at radius 2 is 1.75 bits per heavy atom. The van der Waals surface area contributed by atoms with Gasteiger partial charge >= 0.3 is 6.18 Å². The fraction of sp³-hybridized carbons (Fsp3) is 0.300. The van der Waals surface area contributed by atoms with E-state index in [0.717, 1.165) is 6.07 Å². The zero-order chi connectivity index (χ0) is 12.5. The first-order valence-corrected chi connectivity index (χ1v) is 4.26. The van der Waals surface area contributed by atoms with Crippen molar-refractivity contribution in [1.29, 1.82) is 0 Å². The summed E-state index contributed by atoms with van der Waals surface area (Å²) in [4.78, 5) is 10.6. The van der Waals surface area contributed by atoms with Gasteiger partial charge in [0.05, 0.1) is 0 Å². The van der Waals surface area contributed by atoms with Gasteiger partial charge in [-0.05, 0) is 30.2 Å². The molecule has 1 rings (SSSR count). The van der Waals surface area contributed by atoms with Crippen molar-refractivity contribution in [2.24, 2.45) is 0 Å². The van der Waals surface area contributed by atoms with Crippen LogP contribution in [0.2, 0.25) is 0 Å². The van der Waals surface area contributed by atoms with Crippen LogP contribution in [0.15, 0.2) is 12.1 Å². The minimum atomic E-state index is -5.03.